The number of hydrogen-bond donors (Lipinski definition) is 1. The molecule has 0 aliphatic heterocycles. The van der Waals surface area contributed by atoms with Gasteiger partial charge in [0.2, 0.25) is 10.0 Å². The molecule has 0 fully saturated rings. The van der Waals surface area contributed by atoms with Crippen LogP contribution in [0, 0.1) is 13.8 Å². The van der Waals surface area contributed by atoms with E-state index in [1.807, 2.05) is 32.0 Å². The molecule has 0 saturated carbocycles. The number of halogens is 1. The zero-order valence-electron chi connectivity index (χ0n) is 15.5. The van der Waals surface area contributed by atoms with Crippen LogP contribution < -0.4 is 5.32 Å². The van der Waals surface area contributed by atoms with Gasteiger partial charge in [0.15, 0.2) is 0 Å². The molecule has 0 aromatic heterocycles. The van der Waals surface area contributed by atoms with Crippen molar-refractivity contribution in [1.82, 2.24) is 4.31 Å². The summed E-state index contributed by atoms with van der Waals surface area (Å²) < 4.78 is 26.6. The van der Waals surface area contributed by atoms with Gasteiger partial charge in [-0.05, 0) is 63.1 Å². The van der Waals surface area contributed by atoms with Crippen LogP contribution in [0.5, 0.6) is 0 Å². The van der Waals surface area contributed by atoms with Crippen molar-refractivity contribution in [3.8, 4) is 0 Å². The Morgan fingerprint density at radius 2 is 1.77 bits per heavy atom. The third-order valence-corrected chi connectivity index (χ3v) is 6.59. The summed E-state index contributed by atoms with van der Waals surface area (Å²) in [6.45, 7) is 7.37. The fourth-order valence-electron chi connectivity index (χ4n) is 2.34. The molecule has 0 aliphatic carbocycles. The average Bonchev–Trinajstić information content (AvgIpc) is 2.57. The van der Waals surface area contributed by atoms with Gasteiger partial charge in [-0.1, -0.05) is 23.7 Å². The second-order valence-electron chi connectivity index (χ2n) is 6.53. The van der Waals surface area contributed by atoms with Crippen LogP contribution in [0.4, 0.5) is 5.69 Å². The second kappa shape index (κ2) is 7.78. The summed E-state index contributed by atoms with van der Waals surface area (Å²) in [4.78, 5) is 12.7. The Kier molecular flexibility index (Phi) is 6.11. The summed E-state index contributed by atoms with van der Waals surface area (Å²) in [5.74, 6) is -0.451. The van der Waals surface area contributed by atoms with E-state index >= 15 is 0 Å². The maximum absolute atomic E-state index is 12.7. The molecule has 2 aromatic rings. The molecular formula is C19H23ClN2O3S. The van der Waals surface area contributed by atoms with Crippen LogP contribution in [0.1, 0.15) is 35.3 Å². The number of nitrogens with zero attached hydrogens (tertiary/aromatic N) is 1. The molecule has 1 amide bonds. The largest absolute Gasteiger partial charge is 0.322 e. The van der Waals surface area contributed by atoms with Crippen LogP contribution in [0.2, 0.25) is 5.02 Å². The number of aryl methyl sites for hydroxylation is 2. The number of hydrogen-bond acceptors (Lipinski definition) is 3. The minimum Gasteiger partial charge on any atom is -0.322 e. The maximum Gasteiger partial charge on any atom is 0.257 e. The van der Waals surface area contributed by atoms with Crippen LogP contribution in [0.15, 0.2) is 41.3 Å². The van der Waals surface area contributed by atoms with Crippen LogP contribution in [-0.4, -0.2) is 31.7 Å². The molecule has 2 aromatic carbocycles. The van der Waals surface area contributed by atoms with Gasteiger partial charge >= 0.3 is 0 Å². The Bertz CT molecular complexity index is 940. The average molecular weight is 395 g/mol. The van der Waals surface area contributed by atoms with Crippen molar-refractivity contribution in [2.24, 2.45) is 0 Å². The van der Waals surface area contributed by atoms with Gasteiger partial charge in [0, 0.05) is 18.8 Å². The molecule has 2 rings (SSSR count). The molecule has 0 unspecified atom stereocenters. The summed E-state index contributed by atoms with van der Waals surface area (Å²) >= 11 is 6.15. The summed E-state index contributed by atoms with van der Waals surface area (Å²) in [7, 11) is -2.20. The summed E-state index contributed by atoms with van der Waals surface area (Å²) in [5.41, 5.74) is 2.69. The molecule has 0 saturated heterocycles. The third kappa shape index (κ3) is 4.26. The normalized spacial score (nSPS) is 11.8. The molecule has 0 atom stereocenters. The van der Waals surface area contributed by atoms with E-state index < -0.39 is 15.9 Å². The lowest BCUT2D eigenvalue weighted by atomic mass is 10.1. The number of benzene rings is 2. The standard InChI is InChI=1S/C19H23ClN2O3S/c1-12(2)22(5)26(24,25)15-8-9-17(20)16(11-15)19(23)21-18-10-13(3)6-7-14(18)4/h6-12H,1-5H3,(H,21,23). The van der Waals surface area contributed by atoms with E-state index in [4.69, 9.17) is 11.6 Å². The lowest BCUT2D eigenvalue weighted by molar-refractivity contribution is 0.102. The van der Waals surface area contributed by atoms with Crippen LogP contribution in [0.3, 0.4) is 0 Å². The first kappa shape index (κ1) is 20.4. The van der Waals surface area contributed by atoms with E-state index in [0.717, 1.165) is 11.1 Å². The molecule has 26 heavy (non-hydrogen) atoms. The number of anilines is 1. The molecular weight excluding hydrogens is 372 g/mol. The Morgan fingerprint density at radius 3 is 2.38 bits per heavy atom. The number of amides is 1. The third-order valence-electron chi connectivity index (χ3n) is 4.23. The molecule has 140 valence electrons. The van der Waals surface area contributed by atoms with Crippen molar-refractivity contribution in [3.63, 3.8) is 0 Å². The van der Waals surface area contributed by atoms with E-state index in [2.05, 4.69) is 5.32 Å². The monoisotopic (exact) mass is 394 g/mol. The van der Waals surface area contributed by atoms with Crippen LogP contribution >= 0.6 is 11.6 Å². The van der Waals surface area contributed by atoms with Gasteiger partial charge in [-0.25, -0.2) is 8.42 Å². The number of sulfonamides is 1. The number of nitrogens with one attached hydrogen (secondary N) is 1. The van der Waals surface area contributed by atoms with E-state index in [1.165, 1.54) is 29.6 Å². The SMILES string of the molecule is Cc1ccc(C)c(NC(=O)c2cc(S(=O)(=O)N(C)C(C)C)ccc2Cl)c1. The van der Waals surface area contributed by atoms with Crippen molar-refractivity contribution in [3.05, 3.63) is 58.1 Å². The first-order chi connectivity index (χ1) is 12.0. The van der Waals surface area contributed by atoms with Gasteiger partial charge in [-0.15, -0.1) is 0 Å². The molecule has 0 aliphatic rings. The maximum atomic E-state index is 12.7. The van der Waals surface area contributed by atoms with Gasteiger partial charge < -0.3 is 5.32 Å². The summed E-state index contributed by atoms with van der Waals surface area (Å²) in [5, 5.41) is 3.00. The van der Waals surface area contributed by atoms with E-state index in [9.17, 15) is 13.2 Å². The van der Waals surface area contributed by atoms with E-state index in [1.54, 1.807) is 13.8 Å². The molecule has 0 spiro atoms. The van der Waals surface area contributed by atoms with E-state index in [-0.39, 0.29) is 21.5 Å². The van der Waals surface area contributed by atoms with Gasteiger partial charge in [0.25, 0.3) is 5.91 Å². The van der Waals surface area contributed by atoms with Crippen LogP contribution in [-0.2, 0) is 10.0 Å². The molecule has 5 nitrogen and oxygen atoms in total. The quantitative estimate of drug-likeness (QED) is 0.824. The van der Waals surface area contributed by atoms with Crippen molar-refractivity contribution in [1.29, 1.82) is 0 Å². The second-order valence-corrected chi connectivity index (χ2v) is 8.93. The summed E-state index contributed by atoms with van der Waals surface area (Å²) in [6, 6.07) is 9.66. The zero-order valence-corrected chi connectivity index (χ0v) is 17.1. The fraction of sp³-hybridized carbons (Fsp3) is 0.316. The first-order valence-electron chi connectivity index (χ1n) is 8.20. The first-order valence-corrected chi connectivity index (χ1v) is 10.0. The summed E-state index contributed by atoms with van der Waals surface area (Å²) in [6.07, 6.45) is 0. The van der Waals surface area contributed by atoms with Gasteiger partial charge in [-0.2, -0.15) is 4.31 Å². The Labute approximate surface area is 160 Å². The van der Waals surface area contributed by atoms with Crippen molar-refractivity contribution in [2.75, 3.05) is 12.4 Å². The van der Waals surface area contributed by atoms with Crippen LogP contribution in [0.25, 0.3) is 0 Å². The lowest BCUT2D eigenvalue weighted by Crippen LogP contribution is -2.33. The number of carbonyl (C=O) groups excluding carboxylic acids is 1. The minimum atomic E-state index is -3.70. The highest BCUT2D eigenvalue weighted by Crippen LogP contribution is 2.25. The molecule has 0 bridgehead atoms. The Balaban J connectivity index is 2.41. The van der Waals surface area contributed by atoms with Gasteiger partial charge in [0.1, 0.15) is 0 Å². The number of rotatable bonds is 5. The minimum absolute atomic E-state index is 0.0317. The molecule has 0 heterocycles. The molecule has 1 N–H and O–H groups in total. The topological polar surface area (TPSA) is 66.5 Å². The highest BCUT2D eigenvalue weighted by Gasteiger charge is 2.25. The highest BCUT2D eigenvalue weighted by atomic mass is 35.5. The Morgan fingerprint density at radius 1 is 1.12 bits per heavy atom. The van der Waals surface area contributed by atoms with Crippen molar-refractivity contribution >= 4 is 33.2 Å². The highest BCUT2D eigenvalue weighted by molar-refractivity contribution is 7.89. The predicted molar refractivity (Wildman–Crippen MR) is 105 cm³/mol. The fourth-order valence-corrected chi connectivity index (χ4v) is 3.94. The van der Waals surface area contributed by atoms with E-state index in [0.29, 0.717) is 5.69 Å². The Hall–Kier alpha value is -1.89. The van der Waals surface area contributed by atoms with Crippen molar-refractivity contribution < 1.29 is 13.2 Å². The molecule has 7 heteroatoms. The van der Waals surface area contributed by atoms with Gasteiger partial charge in [0.05, 0.1) is 15.5 Å². The van der Waals surface area contributed by atoms with Gasteiger partial charge in [-0.3, -0.25) is 4.79 Å². The predicted octanol–water partition coefficient (Wildman–Crippen LogP) is 4.24. The smallest absolute Gasteiger partial charge is 0.257 e. The lowest BCUT2D eigenvalue weighted by Gasteiger charge is -2.21. The van der Waals surface area contributed by atoms with Crippen molar-refractivity contribution in [2.45, 2.75) is 38.6 Å². The number of carbonyl (C=O) groups is 1. The zero-order chi connectivity index (χ0) is 19.6. The molecule has 0 radical (unpaired) electrons.